The standard InChI is InChI=1S/C74H132O6/c1-4-7-10-13-16-19-22-25-28-31-34-36-38-40-43-46-49-52-55-58-61-64-67-73(76)79-70-71(69-78-72(75)66-63-60-57-54-51-48-45-42-39-33-30-27-24-21-18-15-12-9-6-3)80-74(77)68-65-62-59-56-53-50-47-44-41-37-35-32-29-26-23-20-17-14-11-8-5-2/h9,12,18,21,27,30,39,42,48,51,57,60,71H,4-8,10-11,13-17,19-20,22-26,28-29,31-38,40-41,43-47,49-50,52-56,58-59,61-70H2,1-3H3/b12-9-,21-18-,30-27-,42-39-,51-48-,60-57-. The molecule has 0 rings (SSSR count). The van der Waals surface area contributed by atoms with E-state index in [1.165, 1.54) is 238 Å². The Hall–Kier alpha value is -3.15. The van der Waals surface area contributed by atoms with E-state index in [0.717, 1.165) is 77.0 Å². The average Bonchev–Trinajstić information content (AvgIpc) is 3.46. The van der Waals surface area contributed by atoms with Gasteiger partial charge in [-0.2, -0.15) is 0 Å². The molecule has 0 saturated carbocycles. The number of ether oxygens (including phenoxy) is 3. The number of rotatable bonds is 64. The maximum atomic E-state index is 13.0. The van der Waals surface area contributed by atoms with Crippen LogP contribution in [-0.2, 0) is 28.6 Å². The molecule has 0 aromatic heterocycles. The minimum absolute atomic E-state index is 0.0936. The highest BCUT2D eigenvalue weighted by Crippen LogP contribution is 2.18. The topological polar surface area (TPSA) is 78.9 Å². The highest BCUT2D eigenvalue weighted by Gasteiger charge is 2.19. The van der Waals surface area contributed by atoms with E-state index in [4.69, 9.17) is 14.2 Å². The van der Waals surface area contributed by atoms with Crippen molar-refractivity contribution >= 4 is 17.9 Å². The van der Waals surface area contributed by atoms with Gasteiger partial charge >= 0.3 is 17.9 Å². The average molecular weight is 1120 g/mol. The van der Waals surface area contributed by atoms with Gasteiger partial charge in [0.1, 0.15) is 13.2 Å². The van der Waals surface area contributed by atoms with Crippen molar-refractivity contribution in [3.63, 3.8) is 0 Å². The molecule has 0 spiro atoms. The van der Waals surface area contributed by atoms with Crippen LogP contribution in [0.1, 0.15) is 361 Å². The van der Waals surface area contributed by atoms with Crippen LogP contribution in [0.25, 0.3) is 0 Å². The molecule has 0 amide bonds. The molecule has 0 fully saturated rings. The zero-order valence-corrected chi connectivity index (χ0v) is 53.3. The Balaban J connectivity index is 4.40. The minimum Gasteiger partial charge on any atom is -0.462 e. The van der Waals surface area contributed by atoms with Crippen molar-refractivity contribution < 1.29 is 28.6 Å². The van der Waals surface area contributed by atoms with Gasteiger partial charge in [-0.1, -0.05) is 357 Å². The van der Waals surface area contributed by atoms with Crippen molar-refractivity contribution in [3.8, 4) is 0 Å². The van der Waals surface area contributed by atoms with Crippen LogP contribution in [0.2, 0.25) is 0 Å². The summed E-state index contributed by atoms with van der Waals surface area (Å²) in [7, 11) is 0. The molecule has 0 aromatic carbocycles. The van der Waals surface area contributed by atoms with Crippen molar-refractivity contribution in [1.29, 1.82) is 0 Å². The van der Waals surface area contributed by atoms with Crippen LogP contribution in [0, 0.1) is 0 Å². The predicted molar refractivity (Wildman–Crippen MR) is 348 cm³/mol. The fourth-order valence-corrected chi connectivity index (χ4v) is 10.3. The first-order valence-electron chi connectivity index (χ1n) is 34.9. The second-order valence-electron chi connectivity index (χ2n) is 23.4. The SMILES string of the molecule is CC/C=C\C/C=C\C/C=C\C/C=C\C/C=C\C/C=C\CCC(=O)OCC(COC(=O)CCCCCCCCCCCCCCCCCCCCCCCC)OC(=O)CCCCCCCCCCCCCCCCCCCCCCC. The zero-order valence-electron chi connectivity index (χ0n) is 53.3. The Morgan fingerprint density at radius 3 is 0.762 bits per heavy atom. The smallest absolute Gasteiger partial charge is 0.306 e. The van der Waals surface area contributed by atoms with Gasteiger partial charge in [0.05, 0.1) is 0 Å². The fourth-order valence-electron chi connectivity index (χ4n) is 10.3. The lowest BCUT2D eigenvalue weighted by Gasteiger charge is -2.18. The van der Waals surface area contributed by atoms with Crippen molar-refractivity contribution in [2.75, 3.05) is 13.2 Å². The molecule has 464 valence electrons. The van der Waals surface area contributed by atoms with Crippen LogP contribution >= 0.6 is 0 Å². The minimum atomic E-state index is -0.805. The van der Waals surface area contributed by atoms with E-state index in [0.29, 0.717) is 19.3 Å². The van der Waals surface area contributed by atoms with Gasteiger partial charge in [-0.3, -0.25) is 14.4 Å². The van der Waals surface area contributed by atoms with Gasteiger partial charge in [0.15, 0.2) is 6.10 Å². The van der Waals surface area contributed by atoms with Crippen LogP contribution in [0.15, 0.2) is 72.9 Å². The molecule has 0 aliphatic carbocycles. The second-order valence-corrected chi connectivity index (χ2v) is 23.4. The van der Waals surface area contributed by atoms with E-state index >= 15 is 0 Å². The summed E-state index contributed by atoms with van der Waals surface area (Å²) < 4.78 is 16.9. The summed E-state index contributed by atoms with van der Waals surface area (Å²) in [5.41, 5.74) is 0. The van der Waals surface area contributed by atoms with Crippen molar-refractivity contribution in [1.82, 2.24) is 0 Å². The molecule has 0 aromatic rings. The third-order valence-electron chi connectivity index (χ3n) is 15.5. The summed E-state index contributed by atoms with van der Waals surface area (Å²) in [4.78, 5) is 38.4. The van der Waals surface area contributed by atoms with Gasteiger partial charge in [-0.25, -0.2) is 0 Å². The van der Waals surface area contributed by atoms with E-state index in [1.807, 2.05) is 6.08 Å². The fraction of sp³-hybridized carbons (Fsp3) is 0.797. The quantitative estimate of drug-likeness (QED) is 0.0261. The van der Waals surface area contributed by atoms with Crippen molar-refractivity contribution in [2.45, 2.75) is 367 Å². The van der Waals surface area contributed by atoms with E-state index in [1.54, 1.807) is 0 Å². The molecule has 0 heterocycles. The summed E-state index contributed by atoms with van der Waals surface area (Å²) in [6.45, 7) is 6.53. The summed E-state index contributed by atoms with van der Waals surface area (Å²) >= 11 is 0. The number of allylic oxidation sites excluding steroid dienone is 12. The molecule has 0 saturated heterocycles. The second kappa shape index (κ2) is 68.3. The molecule has 0 N–H and O–H groups in total. The molecular weight excluding hydrogens is 985 g/mol. The zero-order chi connectivity index (χ0) is 57.8. The van der Waals surface area contributed by atoms with Crippen LogP contribution in [0.3, 0.4) is 0 Å². The van der Waals surface area contributed by atoms with Gasteiger partial charge in [0.25, 0.3) is 0 Å². The normalized spacial score (nSPS) is 12.5. The maximum absolute atomic E-state index is 13.0. The highest BCUT2D eigenvalue weighted by molar-refractivity contribution is 5.71. The number of carbonyl (C=O) groups excluding carboxylic acids is 3. The summed E-state index contributed by atoms with van der Waals surface area (Å²) in [6, 6.07) is 0. The van der Waals surface area contributed by atoms with Gasteiger partial charge < -0.3 is 14.2 Å². The summed E-state index contributed by atoms with van der Waals surface area (Å²) in [5, 5.41) is 0. The lowest BCUT2D eigenvalue weighted by Crippen LogP contribution is -2.30. The Bertz CT molecular complexity index is 1470. The van der Waals surface area contributed by atoms with Crippen LogP contribution < -0.4 is 0 Å². The molecule has 1 unspecified atom stereocenters. The molecule has 6 heteroatoms. The van der Waals surface area contributed by atoms with Crippen LogP contribution in [0.4, 0.5) is 0 Å². The first-order valence-corrected chi connectivity index (χ1v) is 34.9. The Kier molecular flexibility index (Phi) is 65.7. The van der Waals surface area contributed by atoms with E-state index in [-0.39, 0.29) is 37.5 Å². The Labute approximate surface area is 497 Å². The first-order chi connectivity index (χ1) is 39.5. The molecule has 1 atom stereocenters. The molecule has 0 radical (unpaired) electrons. The predicted octanol–water partition coefficient (Wildman–Crippen LogP) is 24.1. The number of hydrogen-bond donors (Lipinski definition) is 0. The van der Waals surface area contributed by atoms with E-state index in [9.17, 15) is 14.4 Å². The molecule has 0 bridgehead atoms. The summed E-state index contributed by atoms with van der Waals surface area (Å²) in [5.74, 6) is -0.957. The third kappa shape index (κ3) is 65.7. The Morgan fingerprint density at radius 1 is 0.263 bits per heavy atom. The highest BCUT2D eigenvalue weighted by atomic mass is 16.6. The molecule has 80 heavy (non-hydrogen) atoms. The monoisotopic (exact) mass is 1120 g/mol. The lowest BCUT2D eigenvalue weighted by molar-refractivity contribution is -0.166. The number of esters is 3. The van der Waals surface area contributed by atoms with Gasteiger partial charge in [-0.05, 0) is 57.8 Å². The van der Waals surface area contributed by atoms with Crippen molar-refractivity contribution in [3.05, 3.63) is 72.9 Å². The largest absolute Gasteiger partial charge is 0.462 e. The van der Waals surface area contributed by atoms with E-state index in [2.05, 4.69) is 87.6 Å². The van der Waals surface area contributed by atoms with Crippen molar-refractivity contribution in [2.24, 2.45) is 0 Å². The molecule has 0 aliphatic rings. The third-order valence-corrected chi connectivity index (χ3v) is 15.5. The molecule has 6 nitrogen and oxygen atoms in total. The number of carbonyl (C=O) groups is 3. The van der Waals surface area contributed by atoms with Gasteiger partial charge in [-0.15, -0.1) is 0 Å². The summed E-state index contributed by atoms with van der Waals surface area (Å²) in [6.07, 6.45) is 89.4. The van der Waals surface area contributed by atoms with Crippen LogP contribution in [0.5, 0.6) is 0 Å². The maximum Gasteiger partial charge on any atom is 0.306 e. The van der Waals surface area contributed by atoms with Gasteiger partial charge in [0, 0.05) is 19.3 Å². The Morgan fingerprint density at radius 2 is 0.487 bits per heavy atom. The van der Waals surface area contributed by atoms with Gasteiger partial charge in [0.2, 0.25) is 0 Å². The van der Waals surface area contributed by atoms with Crippen LogP contribution in [-0.4, -0.2) is 37.2 Å². The number of unbranched alkanes of at least 4 members (excludes halogenated alkanes) is 41. The first kappa shape index (κ1) is 76.9. The molecule has 0 aliphatic heterocycles. The molecular formula is C74H132O6. The number of hydrogen-bond acceptors (Lipinski definition) is 6. The lowest BCUT2D eigenvalue weighted by atomic mass is 10.0. The van der Waals surface area contributed by atoms with E-state index < -0.39 is 6.10 Å².